The van der Waals surface area contributed by atoms with Gasteiger partial charge in [0.2, 0.25) is 0 Å². The first kappa shape index (κ1) is 30.5. The lowest BCUT2D eigenvalue weighted by Crippen LogP contribution is -2.44. The third kappa shape index (κ3) is 7.33. The zero-order valence-electron chi connectivity index (χ0n) is 20.8. The second-order valence-electron chi connectivity index (χ2n) is 9.20. The van der Waals surface area contributed by atoms with Gasteiger partial charge in [-0.05, 0) is 32.8 Å². The van der Waals surface area contributed by atoms with Crippen LogP contribution in [0.15, 0.2) is 30.3 Å². The lowest BCUT2D eigenvalue weighted by molar-refractivity contribution is -0.169. The van der Waals surface area contributed by atoms with Gasteiger partial charge in [-0.15, -0.1) is 0 Å². The van der Waals surface area contributed by atoms with Gasteiger partial charge < -0.3 is 19.6 Å². The fourth-order valence-electron chi connectivity index (χ4n) is 3.35. The van der Waals surface area contributed by atoms with Crippen LogP contribution < -0.4 is 5.32 Å². The highest BCUT2D eigenvalue weighted by atomic mass is 35.5. The largest absolute Gasteiger partial charge is 0.459 e. The minimum absolute atomic E-state index is 0.0850. The summed E-state index contributed by atoms with van der Waals surface area (Å²) in [5, 5.41) is 1.37. The number of hydroxylamine groups is 2. The maximum Gasteiger partial charge on any atom is 0.408 e. The maximum absolute atomic E-state index is 12.8. The molecule has 0 unspecified atom stereocenters. The second kappa shape index (κ2) is 12.4. The first-order valence-corrected chi connectivity index (χ1v) is 12.9. The molecule has 39 heavy (non-hydrogen) atoms. The van der Waals surface area contributed by atoms with Crippen molar-refractivity contribution in [3.63, 3.8) is 0 Å². The zero-order valence-corrected chi connectivity index (χ0v) is 23.8. The van der Waals surface area contributed by atoms with Crippen LogP contribution in [-0.2, 0) is 30.5 Å². The number of fused-ring (bicyclic) bond motifs is 1. The molecule has 1 aliphatic rings. The Morgan fingerprint density at radius 1 is 0.897 bits per heavy atom. The topological polar surface area (TPSA) is 128 Å². The fraction of sp³-hybridized carbons (Fsp3) is 0.320. The number of hydrogen-bond acceptors (Lipinski definition) is 8. The number of nitrogens with one attached hydrogen (secondary N) is 1. The number of carbonyl (C=O) groups excluding carboxylic acids is 5. The quantitative estimate of drug-likeness (QED) is 0.171. The molecule has 10 nitrogen and oxygen atoms in total. The number of alkyl carbamates (subject to hydrolysis) is 1. The molecule has 0 saturated carbocycles. The van der Waals surface area contributed by atoms with Crippen molar-refractivity contribution in [3.8, 4) is 0 Å². The van der Waals surface area contributed by atoms with E-state index < -0.39 is 47.9 Å². The molecule has 0 saturated heterocycles. The molecule has 14 heteroatoms. The minimum atomic E-state index is -1.32. The van der Waals surface area contributed by atoms with Crippen LogP contribution in [-0.4, -0.2) is 46.6 Å². The van der Waals surface area contributed by atoms with E-state index in [4.69, 9.17) is 60.7 Å². The minimum Gasteiger partial charge on any atom is -0.459 e. The molecule has 1 heterocycles. The van der Waals surface area contributed by atoms with Crippen LogP contribution in [0, 0.1) is 0 Å². The molecule has 2 aromatic carbocycles. The van der Waals surface area contributed by atoms with Crippen molar-refractivity contribution in [1.82, 2.24) is 10.4 Å². The first-order chi connectivity index (χ1) is 18.2. The smallest absolute Gasteiger partial charge is 0.408 e. The molecule has 0 aromatic heterocycles. The van der Waals surface area contributed by atoms with Crippen molar-refractivity contribution >= 4 is 76.2 Å². The number of ether oxygens (including phenoxy) is 2. The van der Waals surface area contributed by atoms with E-state index >= 15 is 0 Å². The van der Waals surface area contributed by atoms with Gasteiger partial charge >= 0.3 is 18.0 Å². The number of esters is 1. The third-order valence-corrected chi connectivity index (χ3v) is 6.90. The van der Waals surface area contributed by atoms with Crippen LogP contribution >= 0.6 is 46.4 Å². The van der Waals surface area contributed by atoms with Crippen molar-refractivity contribution in [2.45, 2.75) is 51.9 Å². The van der Waals surface area contributed by atoms with Crippen LogP contribution in [0.25, 0.3) is 0 Å². The summed E-state index contributed by atoms with van der Waals surface area (Å²) in [6.45, 7) is 4.81. The summed E-state index contributed by atoms with van der Waals surface area (Å²) in [4.78, 5) is 68.1. The molecule has 1 N–H and O–H groups in total. The van der Waals surface area contributed by atoms with Crippen molar-refractivity contribution in [2.75, 3.05) is 0 Å². The van der Waals surface area contributed by atoms with Gasteiger partial charge in [0, 0.05) is 0 Å². The van der Waals surface area contributed by atoms with Crippen LogP contribution in [0.2, 0.25) is 20.1 Å². The Morgan fingerprint density at radius 2 is 1.44 bits per heavy atom. The number of nitrogens with zero attached hydrogens (tertiary/aromatic N) is 1. The van der Waals surface area contributed by atoms with Crippen LogP contribution in [0.4, 0.5) is 4.79 Å². The molecule has 0 spiro atoms. The zero-order chi connectivity index (χ0) is 29.1. The Labute approximate surface area is 243 Å². The number of rotatable bonds is 8. The molecular formula is C25H22Cl4N2O8. The molecule has 3 amide bonds. The van der Waals surface area contributed by atoms with Crippen LogP contribution in [0.3, 0.4) is 0 Å². The summed E-state index contributed by atoms with van der Waals surface area (Å²) in [7, 11) is 0. The van der Waals surface area contributed by atoms with E-state index in [1.807, 2.05) is 0 Å². The number of halogens is 4. The molecule has 3 rings (SSSR count). The SMILES string of the molecule is CC(C)(C)OC(=O)N[C@@H](CCC(=O)ON1C(=O)c2c(Cl)c(Cl)c(Cl)c(Cl)c2C1=O)C(=O)OCc1ccccc1. The van der Waals surface area contributed by atoms with E-state index in [-0.39, 0.29) is 49.3 Å². The van der Waals surface area contributed by atoms with E-state index in [1.54, 1.807) is 51.1 Å². The van der Waals surface area contributed by atoms with Crippen molar-refractivity contribution < 1.29 is 38.3 Å². The summed E-state index contributed by atoms with van der Waals surface area (Å²) in [5.74, 6) is -4.10. The molecule has 2 aromatic rings. The normalized spacial score (nSPS) is 13.6. The Hall–Kier alpha value is -3.05. The summed E-state index contributed by atoms with van der Waals surface area (Å²) >= 11 is 24.1. The number of imide groups is 1. The van der Waals surface area contributed by atoms with Gasteiger partial charge in [-0.2, -0.15) is 0 Å². The van der Waals surface area contributed by atoms with E-state index in [1.165, 1.54) is 0 Å². The highest BCUT2D eigenvalue weighted by Crippen LogP contribution is 2.44. The summed E-state index contributed by atoms with van der Waals surface area (Å²) in [6.07, 6.45) is -1.75. The van der Waals surface area contributed by atoms with Crippen molar-refractivity contribution in [3.05, 3.63) is 67.1 Å². The molecular weight excluding hydrogens is 598 g/mol. The lowest BCUT2D eigenvalue weighted by atomic mass is 10.1. The predicted octanol–water partition coefficient (Wildman–Crippen LogP) is 5.77. The second-order valence-corrected chi connectivity index (χ2v) is 10.7. The molecule has 208 valence electrons. The maximum atomic E-state index is 12.8. The monoisotopic (exact) mass is 618 g/mol. The van der Waals surface area contributed by atoms with Crippen molar-refractivity contribution in [2.24, 2.45) is 0 Å². The molecule has 0 fully saturated rings. The van der Waals surface area contributed by atoms with Gasteiger partial charge in [0.15, 0.2) is 0 Å². The van der Waals surface area contributed by atoms with Crippen molar-refractivity contribution in [1.29, 1.82) is 0 Å². The molecule has 0 radical (unpaired) electrons. The van der Waals surface area contributed by atoms with E-state index in [0.29, 0.717) is 5.56 Å². The van der Waals surface area contributed by atoms with E-state index in [2.05, 4.69) is 5.32 Å². The Kier molecular flexibility index (Phi) is 9.71. The van der Waals surface area contributed by atoms with Gasteiger partial charge in [-0.1, -0.05) is 81.8 Å². The lowest BCUT2D eigenvalue weighted by Gasteiger charge is -2.23. The molecule has 0 aliphatic carbocycles. The number of benzene rings is 2. The van der Waals surface area contributed by atoms with Gasteiger partial charge in [-0.3, -0.25) is 9.59 Å². The number of amides is 3. The van der Waals surface area contributed by atoms with Gasteiger partial charge in [0.25, 0.3) is 11.8 Å². The van der Waals surface area contributed by atoms with Crippen LogP contribution in [0.5, 0.6) is 0 Å². The summed E-state index contributed by atoms with van der Waals surface area (Å²) < 4.78 is 10.5. The molecule has 1 aliphatic heterocycles. The molecule has 1 atom stereocenters. The van der Waals surface area contributed by atoms with Gasteiger partial charge in [-0.25, -0.2) is 14.4 Å². The summed E-state index contributed by atoms with van der Waals surface area (Å²) in [5.41, 5.74) is -0.906. The average Bonchev–Trinajstić information content (AvgIpc) is 3.11. The Morgan fingerprint density at radius 3 is 1.95 bits per heavy atom. The highest BCUT2D eigenvalue weighted by Gasteiger charge is 2.44. The highest BCUT2D eigenvalue weighted by molar-refractivity contribution is 6.55. The predicted molar refractivity (Wildman–Crippen MR) is 142 cm³/mol. The fourth-order valence-corrected chi connectivity index (χ4v) is 4.36. The Bertz CT molecular complexity index is 1280. The number of carbonyl (C=O) groups is 5. The van der Waals surface area contributed by atoms with Crippen LogP contribution in [0.1, 0.15) is 59.9 Å². The molecule has 0 bridgehead atoms. The van der Waals surface area contributed by atoms with Gasteiger partial charge in [0.1, 0.15) is 18.2 Å². The first-order valence-electron chi connectivity index (χ1n) is 11.4. The summed E-state index contributed by atoms with van der Waals surface area (Å²) in [6, 6.07) is 7.47. The Balaban J connectivity index is 1.69. The average molecular weight is 620 g/mol. The standard InChI is InChI=1S/C25H22Cl4N2O8/c1-25(2,3)38-24(36)30-13(23(35)37-11-12-7-5-4-6-8-12)9-10-14(32)39-31-21(33)15-16(22(31)34)18(27)20(29)19(28)17(15)26/h4-8,13H,9-11H2,1-3H3,(H,30,36)/t13-/m0/s1. The van der Waals surface area contributed by atoms with Gasteiger partial charge in [0.05, 0.1) is 37.6 Å². The number of hydrogen-bond donors (Lipinski definition) is 1. The third-order valence-electron chi connectivity index (χ3n) is 5.09. The van der Waals surface area contributed by atoms with E-state index in [9.17, 15) is 24.0 Å². The van der Waals surface area contributed by atoms with E-state index in [0.717, 1.165) is 0 Å².